The second-order valence-electron chi connectivity index (χ2n) is 4.89. The fraction of sp³-hybridized carbons (Fsp3) is 0.235. The van der Waals surface area contributed by atoms with Crippen LogP contribution in [0.25, 0.3) is 0 Å². The number of hydrogen-bond donors (Lipinski definition) is 2. The molecule has 0 heterocycles. The minimum absolute atomic E-state index is 0.0783. The van der Waals surface area contributed by atoms with Gasteiger partial charge in [0.2, 0.25) is 0 Å². The molecule has 116 valence electrons. The summed E-state index contributed by atoms with van der Waals surface area (Å²) in [5.74, 6) is 0.987. The zero-order valence-electron chi connectivity index (χ0n) is 12.8. The van der Waals surface area contributed by atoms with Crippen molar-refractivity contribution >= 4 is 11.6 Å². The summed E-state index contributed by atoms with van der Waals surface area (Å²) in [6.07, 6.45) is 0. The number of nitrogens with one attached hydrogen (secondary N) is 1. The van der Waals surface area contributed by atoms with E-state index in [-0.39, 0.29) is 12.5 Å². The Morgan fingerprint density at radius 3 is 2.77 bits per heavy atom. The van der Waals surface area contributed by atoms with Gasteiger partial charge >= 0.3 is 0 Å². The highest BCUT2D eigenvalue weighted by Crippen LogP contribution is 2.25. The summed E-state index contributed by atoms with van der Waals surface area (Å²) < 4.78 is 10.7. The topological polar surface area (TPSA) is 73.6 Å². The van der Waals surface area contributed by atoms with E-state index in [1.54, 1.807) is 13.2 Å². The summed E-state index contributed by atoms with van der Waals surface area (Å²) in [5, 5.41) is 2.79. The first-order chi connectivity index (χ1) is 10.6. The Morgan fingerprint density at radius 2 is 2.05 bits per heavy atom. The van der Waals surface area contributed by atoms with Gasteiger partial charge in [0.05, 0.1) is 12.8 Å². The van der Waals surface area contributed by atoms with Gasteiger partial charge in [0, 0.05) is 6.54 Å². The molecule has 2 aromatic carbocycles. The average molecular weight is 300 g/mol. The lowest BCUT2D eigenvalue weighted by molar-refractivity contribution is -0.118. The molecule has 5 nitrogen and oxygen atoms in total. The molecule has 0 atom stereocenters. The van der Waals surface area contributed by atoms with Gasteiger partial charge in [-0.05, 0) is 42.3 Å². The number of hydrogen-bond acceptors (Lipinski definition) is 4. The third-order valence-electron chi connectivity index (χ3n) is 3.13. The van der Waals surface area contributed by atoms with Crippen LogP contribution in [0.1, 0.15) is 11.1 Å². The number of nitrogens with two attached hydrogens (primary N) is 1. The third kappa shape index (κ3) is 4.23. The molecule has 22 heavy (non-hydrogen) atoms. The predicted octanol–water partition coefficient (Wildman–Crippen LogP) is 2.48. The van der Waals surface area contributed by atoms with Gasteiger partial charge in [0.1, 0.15) is 11.5 Å². The molecule has 0 aliphatic heterocycles. The van der Waals surface area contributed by atoms with Gasteiger partial charge in [-0.3, -0.25) is 4.79 Å². The highest BCUT2D eigenvalue weighted by Gasteiger charge is 2.08. The number of rotatable bonds is 6. The van der Waals surface area contributed by atoms with Crippen molar-refractivity contribution in [2.75, 3.05) is 19.0 Å². The maximum atomic E-state index is 12.0. The molecule has 0 bridgehead atoms. The van der Waals surface area contributed by atoms with Crippen molar-refractivity contribution in [3.05, 3.63) is 53.6 Å². The van der Waals surface area contributed by atoms with E-state index < -0.39 is 0 Å². The highest BCUT2D eigenvalue weighted by atomic mass is 16.5. The minimum atomic E-state index is -0.248. The van der Waals surface area contributed by atoms with Crippen LogP contribution in [-0.2, 0) is 11.3 Å². The van der Waals surface area contributed by atoms with Gasteiger partial charge in [0.15, 0.2) is 6.61 Å². The molecule has 0 fully saturated rings. The number of methoxy groups -OCH3 is 1. The van der Waals surface area contributed by atoms with Crippen molar-refractivity contribution in [1.29, 1.82) is 0 Å². The Morgan fingerprint density at radius 1 is 1.23 bits per heavy atom. The number of carbonyl (C=O) groups is 1. The summed E-state index contributed by atoms with van der Waals surface area (Å²) >= 11 is 0. The second-order valence-corrected chi connectivity index (χ2v) is 4.89. The van der Waals surface area contributed by atoms with E-state index in [1.807, 2.05) is 43.3 Å². The van der Waals surface area contributed by atoms with E-state index in [0.717, 1.165) is 11.1 Å². The number of anilines is 1. The van der Waals surface area contributed by atoms with E-state index in [9.17, 15) is 4.79 Å². The van der Waals surface area contributed by atoms with Crippen molar-refractivity contribution in [2.24, 2.45) is 5.73 Å². The number of benzene rings is 2. The fourth-order valence-electron chi connectivity index (χ4n) is 2.02. The third-order valence-corrected chi connectivity index (χ3v) is 3.13. The van der Waals surface area contributed by atoms with Crippen LogP contribution in [0.2, 0.25) is 0 Å². The molecule has 1 amide bonds. The molecule has 0 radical (unpaired) electrons. The lowest BCUT2D eigenvalue weighted by atomic mass is 10.2. The van der Waals surface area contributed by atoms with Gasteiger partial charge in [-0.1, -0.05) is 18.2 Å². The van der Waals surface area contributed by atoms with E-state index in [2.05, 4.69) is 5.32 Å². The van der Waals surface area contributed by atoms with Crippen molar-refractivity contribution in [3.63, 3.8) is 0 Å². The Labute approximate surface area is 130 Å². The summed E-state index contributed by atoms with van der Waals surface area (Å²) in [6.45, 7) is 2.30. The van der Waals surface area contributed by atoms with Crippen LogP contribution in [0.15, 0.2) is 42.5 Å². The summed E-state index contributed by atoms with van der Waals surface area (Å²) in [5.41, 5.74) is 8.20. The molecular formula is C17H20N2O3. The summed E-state index contributed by atoms with van der Waals surface area (Å²) in [6, 6.07) is 13.0. The van der Waals surface area contributed by atoms with Crippen LogP contribution in [0.5, 0.6) is 11.5 Å². The number of amides is 1. The van der Waals surface area contributed by atoms with Crippen LogP contribution in [0.3, 0.4) is 0 Å². The van der Waals surface area contributed by atoms with Crippen LogP contribution in [-0.4, -0.2) is 19.6 Å². The Kier molecular flexibility index (Phi) is 5.38. The molecule has 3 N–H and O–H groups in total. The van der Waals surface area contributed by atoms with Crippen molar-refractivity contribution < 1.29 is 14.3 Å². The molecule has 0 aliphatic carbocycles. The van der Waals surface area contributed by atoms with Crippen LogP contribution in [0.4, 0.5) is 5.69 Å². The van der Waals surface area contributed by atoms with Crippen molar-refractivity contribution in [3.8, 4) is 11.5 Å². The molecule has 0 spiro atoms. The average Bonchev–Trinajstić information content (AvgIpc) is 2.53. The normalized spacial score (nSPS) is 10.1. The first-order valence-electron chi connectivity index (χ1n) is 6.98. The molecule has 0 aromatic heterocycles. The minimum Gasteiger partial charge on any atom is -0.495 e. The lowest BCUT2D eigenvalue weighted by Crippen LogP contribution is -2.20. The first-order valence-corrected chi connectivity index (χ1v) is 6.98. The van der Waals surface area contributed by atoms with Crippen LogP contribution < -0.4 is 20.5 Å². The lowest BCUT2D eigenvalue weighted by Gasteiger charge is -2.12. The quantitative estimate of drug-likeness (QED) is 0.859. The SMILES string of the molecule is COc1ccc(C)cc1NC(=O)COc1cccc(CN)c1. The number of ether oxygens (including phenoxy) is 2. The molecule has 0 aliphatic rings. The molecule has 2 rings (SSSR count). The maximum absolute atomic E-state index is 12.0. The summed E-state index contributed by atoms with van der Waals surface area (Å²) in [7, 11) is 1.56. The largest absolute Gasteiger partial charge is 0.495 e. The Balaban J connectivity index is 1.97. The monoisotopic (exact) mass is 300 g/mol. The van der Waals surface area contributed by atoms with Gasteiger partial charge in [-0.2, -0.15) is 0 Å². The van der Waals surface area contributed by atoms with Gasteiger partial charge in [-0.25, -0.2) is 0 Å². The second kappa shape index (κ2) is 7.47. The molecule has 5 heteroatoms. The van der Waals surface area contributed by atoms with Gasteiger partial charge in [-0.15, -0.1) is 0 Å². The molecular weight excluding hydrogens is 280 g/mol. The van der Waals surface area contributed by atoms with E-state index in [1.165, 1.54) is 0 Å². The van der Waals surface area contributed by atoms with Gasteiger partial charge in [0.25, 0.3) is 5.91 Å². The summed E-state index contributed by atoms with van der Waals surface area (Å²) in [4.78, 5) is 12.0. The predicted molar refractivity (Wildman–Crippen MR) is 86.2 cm³/mol. The highest BCUT2D eigenvalue weighted by molar-refractivity contribution is 5.93. The van der Waals surface area contributed by atoms with Crippen LogP contribution >= 0.6 is 0 Å². The standard InChI is InChI=1S/C17H20N2O3/c1-12-6-7-16(21-2)15(8-12)19-17(20)11-22-14-5-3-4-13(9-14)10-18/h3-9H,10-11,18H2,1-2H3,(H,19,20). The van der Waals surface area contributed by atoms with Gasteiger partial charge < -0.3 is 20.5 Å². The van der Waals surface area contributed by atoms with E-state index in [0.29, 0.717) is 23.7 Å². The zero-order chi connectivity index (χ0) is 15.9. The van der Waals surface area contributed by atoms with Crippen molar-refractivity contribution in [1.82, 2.24) is 0 Å². The molecule has 2 aromatic rings. The van der Waals surface area contributed by atoms with Crippen LogP contribution in [0, 0.1) is 6.92 Å². The van der Waals surface area contributed by atoms with Crippen molar-refractivity contribution in [2.45, 2.75) is 13.5 Å². The molecule has 0 saturated heterocycles. The smallest absolute Gasteiger partial charge is 0.262 e. The Bertz CT molecular complexity index is 656. The molecule has 0 unspecified atom stereocenters. The Hall–Kier alpha value is -2.53. The zero-order valence-corrected chi connectivity index (χ0v) is 12.8. The number of carbonyl (C=O) groups excluding carboxylic acids is 1. The maximum Gasteiger partial charge on any atom is 0.262 e. The molecule has 0 saturated carbocycles. The fourth-order valence-corrected chi connectivity index (χ4v) is 2.02. The van der Waals surface area contributed by atoms with E-state index >= 15 is 0 Å². The van der Waals surface area contributed by atoms with E-state index in [4.69, 9.17) is 15.2 Å². The number of aryl methyl sites for hydroxylation is 1. The first kappa shape index (κ1) is 15.9.